The molecular formula is C20H22F3N. The molecule has 4 heteroatoms. The lowest BCUT2D eigenvalue weighted by Gasteiger charge is -2.25. The Morgan fingerprint density at radius 1 is 1.04 bits per heavy atom. The van der Waals surface area contributed by atoms with Crippen LogP contribution in [-0.2, 0) is 13.0 Å². The first-order chi connectivity index (χ1) is 11.6. The standard InChI is InChI=1S/C20H22F3N/c1-13-19(22)17(11-18(21)20(13)23)9-10-24-12-14-5-7-16(8-6-14)15-3-2-4-15/h5-8,11,15,24H,2-4,9-10,12H2,1H3. The van der Waals surface area contributed by atoms with Gasteiger partial charge in [0, 0.05) is 12.1 Å². The fourth-order valence-electron chi connectivity index (χ4n) is 3.08. The van der Waals surface area contributed by atoms with Crippen LogP contribution in [0.3, 0.4) is 0 Å². The summed E-state index contributed by atoms with van der Waals surface area (Å²) in [4.78, 5) is 0. The van der Waals surface area contributed by atoms with Crippen LogP contribution in [0.4, 0.5) is 13.2 Å². The fraction of sp³-hybridized carbons (Fsp3) is 0.400. The van der Waals surface area contributed by atoms with Crippen LogP contribution >= 0.6 is 0 Å². The molecule has 0 amide bonds. The predicted molar refractivity (Wildman–Crippen MR) is 89.5 cm³/mol. The Balaban J connectivity index is 1.50. The molecule has 0 saturated heterocycles. The largest absolute Gasteiger partial charge is 0.312 e. The van der Waals surface area contributed by atoms with Crippen LogP contribution in [0.1, 0.15) is 47.4 Å². The SMILES string of the molecule is Cc1c(F)c(F)cc(CCNCc2ccc(C3CCC3)cc2)c1F. The Labute approximate surface area is 140 Å². The zero-order valence-corrected chi connectivity index (χ0v) is 13.8. The van der Waals surface area contributed by atoms with Gasteiger partial charge in [-0.05, 0) is 61.4 Å². The van der Waals surface area contributed by atoms with E-state index in [1.165, 1.54) is 37.3 Å². The number of hydrogen-bond acceptors (Lipinski definition) is 1. The van der Waals surface area contributed by atoms with E-state index in [0.29, 0.717) is 19.5 Å². The van der Waals surface area contributed by atoms with Crippen LogP contribution < -0.4 is 5.32 Å². The first-order valence-corrected chi connectivity index (χ1v) is 8.49. The van der Waals surface area contributed by atoms with E-state index < -0.39 is 17.5 Å². The smallest absolute Gasteiger partial charge is 0.164 e. The maximum atomic E-state index is 13.9. The van der Waals surface area contributed by atoms with Crippen LogP contribution in [0.5, 0.6) is 0 Å². The predicted octanol–water partition coefficient (Wildman–Crippen LogP) is 5.01. The van der Waals surface area contributed by atoms with E-state index >= 15 is 0 Å². The summed E-state index contributed by atoms with van der Waals surface area (Å²) < 4.78 is 40.6. The van der Waals surface area contributed by atoms with Crippen molar-refractivity contribution < 1.29 is 13.2 Å². The Kier molecular flexibility index (Phi) is 5.24. The minimum absolute atomic E-state index is 0.208. The Bertz CT molecular complexity index is 706. The van der Waals surface area contributed by atoms with Crippen LogP contribution in [0.2, 0.25) is 0 Å². The van der Waals surface area contributed by atoms with Gasteiger partial charge in [0.15, 0.2) is 11.6 Å². The highest BCUT2D eigenvalue weighted by atomic mass is 19.2. The van der Waals surface area contributed by atoms with Crippen LogP contribution in [0.25, 0.3) is 0 Å². The van der Waals surface area contributed by atoms with Crippen molar-refractivity contribution in [3.05, 3.63) is 70.0 Å². The van der Waals surface area contributed by atoms with E-state index in [4.69, 9.17) is 0 Å². The molecule has 1 fully saturated rings. The second-order valence-electron chi connectivity index (χ2n) is 6.57. The van der Waals surface area contributed by atoms with E-state index in [2.05, 4.69) is 29.6 Å². The van der Waals surface area contributed by atoms with Gasteiger partial charge in [-0.25, -0.2) is 13.2 Å². The lowest BCUT2D eigenvalue weighted by Crippen LogP contribution is -2.18. The van der Waals surface area contributed by atoms with Crippen molar-refractivity contribution in [1.29, 1.82) is 0 Å². The summed E-state index contributed by atoms with van der Waals surface area (Å²) in [7, 11) is 0. The molecule has 1 nitrogen and oxygen atoms in total. The molecule has 0 aliphatic heterocycles. The first-order valence-electron chi connectivity index (χ1n) is 8.49. The summed E-state index contributed by atoms with van der Waals surface area (Å²) in [5, 5.41) is 3.22. The highest BCUT2D eigenvalue weighted by Gasteiger charge is 2.19. The van der Waals surface area contributed by atoms with Crippen molar-refractivity contribution in [2.75, 3.05) is 6.54 Å². The average Bonchev–Trinajstić information content (AvgIpc) is 2.54. The van der Waals surface area contributed by atoms with Gasteiger partial charge < -0.3 is 5.32 Å². The van der Waals surface area contributed by atoms with E-state index in [0.717, 1.165) is 12.0 Å². The molecule has 1 aliphatic rings. The number of nitrogens with one attached hydrogen (secondary N) is 1. The molecule has 1 N–H and O–H groups in total. The molecule has 3 rings (SSSR count). The van der Waals surface area contributed by atoms with Gasteiger partial charge in [0.25, 0.3) is 0 Å². The summed E-state index contributed by atoms with van der Waals surface area (Å²) in [5.41, 5.74) is 2.53. The minimum Gasteiger partial charge on any atom is -0.312 e. The maximum absolute atomic E-state index is 13.9. The average molecular weight is 333 g/mol. The van der Waals surface area contributed by atoms with Crippen molar-refractivity contribution in [2.24, 2.45) is 0 Å². The molecule has 2 aromatic carbocycles. The van der Waals surface area contributed by atoms with Gasteiger partial charge in [-0.15, -0.1) is 0 Å². The topological polar surface area (TPSA) is 12.0 Å². The first kappa shape index (κ1) is 17.0. The molecular weight excluding hydrogens is 311 g/mol. The zero-order valence-electron chi connectivity index (χ0n) is 13.8. The van der Waals surface area contributed by atoms with Crippen molar-refractivity contribution in [2.45, 2.75) is 45.1 Å². The molecule has 0 aromatic heterocycles. The zero-order chi connectivity index (χ0) is 17.1. The second kappa shape index (κ2) is 7.39. The maximum Gasteiger partial charge on any atom is 0.164 e. The van der Waals surface area contributed by atoms with Gasteiger partial charge in [-0.2, -0.15) is 0 Å². The van der Waals surface area contributed by atoms with E-state index in [1.54, 1.807) is 0 Å². The minimum atomic E-state index is -1.10. The van der Waals surface area contributed by atoms with Crippen LogP contribution in [0, 0.1) is 24.4 Å². The van der Waals surface area contributed by atoms with Gasteiger partial charge >= 0.3 is 0 Å². The van der Waals surface area contributed by atoms with Gasteiger partial charge in [0.1, 0.15) is 5.82 Å². The second-order valence-corrected chi connectivity index (χ2v) is 6.57. The monoisotopic (exact) mass is 333 g/mol. The molecule has 1 aliphatic carbocycles. The van der Waals surface area contributed by atoms with Gasteiger partial charge in [-0.3, -0.25) is 0 Å². The number of rotatable bonds is 6. The third-order valence-electron chi connectivity index (χ3n) is 4.91. The van der Waals surface area contributed by atoms with Gasteiger partial charge in [0.05, 0.1) is 0 Å². The van der Waals surface area contributed by atoms with Crippen molar-refractivity contribution in [1.82, 2.24) is 5.32 Å². The fourth-order valence-corrected chi connectivity index (χ4v) is 3.08. The van der Waals surface area contributed by atoms with Crippen molar-refractivity contribution in [3.8, 4) is 0 Å². The lowest BCUT2D eigenvalue weighted by molar-refractivity contribution is 0.419. The number of hydrogen-bond donors (Lipinski definition) is 1. The molecule has 0 spiro atoms. The van der Waals surface area contributed by atoms with Crippen LogP contribution in [0.15, 0.2) is 30.3 Å². The summed E-state index contributed by atoms with van der Waals surface area (Å²) in [6, 6.07) is 9.54. The van der Waals surface area contributed by atoms with E-state index in [1.807, 2.05) is 0 Å². The highest BCUT2D eigenvalue weighted by Crippen LogP contribution is 2.36. The third kappa shape index (κ3) is 3.64. The quantitative estimate of drug-likeness (QED) is 0.579. The molecule has 0 atom stereocenters. The summed E-state index contributed by atoms with van der Waals surface area (Å²) in [6.45, 7) is 2.44. The third-order valence-corrected chi connectivity index (χ3v) is 4.91. The number of benzene rings is 2. The molecule has 1 saturated carbocycles. The summed E-state index contributed by atoms with van der Waals surface area (Å²) >= 11 is 0. The molecule has 0 radical (unpaired) electrons. The normalized spacial score (nSPS) is 14.7. The molecule has 2 aromatic rings. The Morgan fingerprint density at radius 2 is 1.75 bits per heavy atom. The summed E-state index contributed by atoms with van der Waals surface area (Å²) in [5.74, 6) is -2.02. The molecule has 128 valence electrons. The molecule has 0 unspecified atom stereocenters. The van der Waals surface area contributed by atoms with Gasteiger partial charge in [0.2, 0.25) is 0 Å². The van der Waals surface area contributed by atoms with Crippen LogP contribution in [-0.4, -0.2) is 6.54 Å². The van der Waals surface area contributed by atoms with E-state index in [-0.39, 0.29) is 11.1 Å². The summed E-state index contributed by atoms with van der Waals surface area (Å²) in [6.07, 6.45) is 4.23. The molecule has 0 heterocycles. The Morgan fingerprint density at radius 3 is 2.38 bits per heavy atom. The molecule has 0 bridgehead atoms. The van der Waals surface area contributed by atoms with E-state index in [9.17, 15) is 13.2 Å². The van der Waals surface area contributed by atoms with Crippen molar-refractivity contribution >= 4 is 0 Å². The highest BCUT2D eigenvalue weighted by molar-refractivity contribution is 5.28. The number of halogens is 3. The molecule has 24 heavy (non-hydrogen) atoms. The Hall–Kier alpha value is -1.81. The lowest BCUT2D eigenvalue weighted by atomic mass is 9.80. The van der Waals surface area contributed by atoms with Gasteiger partial charge in [-0.1, -0.05) is 30.7 Å². The van der Waals surface area contributed by atoms with Crippen molar-refractivity contribution in [3.63, 3.8) is 0 Å².